The molecule has 1 amide bonds. The van der Waals surface area contributed by atoms with Gasteiger partial charge in [-0.1, -0.05) is 12.2 Å². The molecule has 0 aromatic carbocycles. The van der Waals surface area contributed by atoms with Crippen LogP contribution in [0.25, 0.3) is 0 Å². The van der Waals surface area contributed by atoms with Crippen LogP contribution < -0.4 is 0 Å². The van der Waals surface area contributed by atoms with Crippen molar-refractivity contribution < 1.29 is 13.2 Å². The van der Waals surface area contributed by atoms with Gasteiger partial charge < -0.3 is 4.90 Å². The number of carbonyl (C=O) groups is 1. The SMILES string of the molecule is CC(CS(C)(=O)=O)N(C)C(=O)C1CC=CC1. The predicted molar refractivity (Wildman–Crippen MR) is 63.8 cm³/mol. The molecular formula is C11H19NO3S. The van der Waals surface area contributed by atoms with E-state index in [0.29, 0.717) is 0 Å². The van der Waals surface area contributed by atoms with Crippen LogP contribution in [0.1, 0.15) is 19.8 Å². The summed E-state index contributed by atoms with van der Waals surface area (Å²) in [6.45, 7) is 1.77. The summed E-state index contributed by atoms with van der Waals surface area (Å²) in [7, 11) is -1.36. The molecule has 0 saturated carbocycles. The molecule has 5 heteroatoms. The summed E-state index contributed by atoms with van der Waals surface area (Å²) in [5, 5.41) is 0. The minimum atomic E-state index is -3.03. The average molecular weight is 245 g/mol. The third kappa shape index (κ3) is 3.63. The second kappa shape index (κ2) is 4.99. The summed E-state index contributed by atoms with van der Waals surface area (Å²) in [5.74, 6) is 0.0724. The highest BCUT2D eigenvalue weighted by molar-refractivity contribution is 7.90. The number of hydrogen-bond acceptors (Lipinski definition) is 3. The highest BCUT2D eigenvalue weighted by Crippen LogP contribution is 2.20. The maximum absolute atomic E-state index is 12.0. The fourth-order valence-electron chi connectivity index (χ4n) is 1.87. The van der Waals surface area contributed by atoms with Crippen LogP contribution in [0.5, 0.6) is 0 Å². The van der Waals surface area contributed by atoms with Gasteiger partial charge >= 0.3 is 0 Å². The standard InChI is InChI=1S/C11H19NO3S/c1-9(8-16(3,14)15)12(2)11(13)10-6-4-5-7-10/h4-5,9-10H,6-8H2,1-3H3. The number of carbonyl (C=O) groups excluding carboxylic acids is 1. The van der Waals surface area contributed by atoms with E-state index in [9.17, 15) is 13.2 Å². The van der Waals surface area contributed by atoms with Crippen LogP contribution in [0.15, 0.2) is 12.2 Å². The molecule has 92 valence electrons. The zero-order valence-corrected chi connectivity index (χ0v) is 10.8. The summed E-state index contributed by atoms with van der Waals surface area (Å²) in [6.07, 6.45) is 6.73. The van der Waals surface area contributed by atoms with E-state index in [0.717, 1.165) is 12.8 Å². The van der Waals surface area contributed by atoms with Gasteiger partial charge in [-0.15, -0.1) is 0 Å². The van der Waals surface area contributed by atoms with E-state index in [2.05, 4.69) is 0 Å². The zero-order valence-electron chi connectivity index (χ0n) is 10.0. The van der Waals surface area contributed by atoms with Crippen molar-refractivity contribution in [1.82, 2.24) is 4.90 Å². The van der Waals surface area contributed by atoms with Gasteiger partial charge in [0, 0.05) is 25.3 Å². The Balaban J connectivity index is 2.56. The van der Waals surface area contributed by atoms with Crippen LogP contribution in [0.4, 0.5) is 0 Å². The molecule has 1 aliphatic rings. The number of hydrogen-bond donors (Lipinski definition) is 0. The quantitative estimate of drug-likeness (QED) is 0.690. The van der Waals surface area contributed by atoms with Crippen molar-refractivity contribution in [3.8, 4) is 0 Å². The largest absolute Gasteiger partial charge is 0.342 e. The molecule has 16 heavy (non-hydrogen) atoms. The normalized spacial score (nSPS) is 18.7. The van der Waals surface area contributed by atoms with E-state index in [4.69, 9.17) is 0 Å². The maximum Gasteiger partial charge on any atom is 0.226 e. The topological polar surface area (TPSA) is 54.5 Å². The molecular weight excluding hydrogens is 226 g/mol. The maximum atomic E-state index is 12.0. The number of sulfone groups is 1. The van der Waals surface area contributed by atoms with Crippen LogP contribution in [-0.4, -0.2) is 44.3 Å². The van der Waals surface area contributed by atoms with Gasteiger partial charge in [-0.25, -0.2) is 8.42 Å². The molecule has 1 rings (SSSR count). The lowest BCUT2D eigenvalue weighted by Gasteiger charge is -2.27. The summed E-state index contributed by atoms with van der Waals surface area (Å²) in [4.78, 5) is 13.5. The van der Waals surface area contributed by atoms with E-state index in [1.807, 2.05) is 12.2 Å². The second-order valence-electron chi connectivity index (χ2n) is 4.53. The fourth-order valence-corrected chi connectivity index (χ4v) is 2.97. The molecule has 0 aromatic rings. The number of amides is 1. The van der Waals surface area contributed by atoms with Crippen molar-refractivity contribution in [1.29, 1.82) is 0 Å². The molecule has 4 nitrogen and oxygen atoms in total. The van der Waals surface area contributed by atoms with Crippen LogP contribution in [0, 0.1) is 5.92 Å². The Bertz CT molecular complexity index is 378. The summed E-state index contributed by atoms with van der Waals surface area (Å²) in [5.41, 5.74) is 0. The molecule has 0 radical (unpaired) electrons. The van der Waals surface area contributed by atoms with Gasteiger partial charge in [0.15, 0.2) is 0 Å². The Kier molecular flexibility index (Phi) is 4.13. The van der Waals surface area contributed by atoms with Gasteiger partial charge in [0.05, 0.1) is 5.75 Å². The molecule has 1 unspecified atom stereocenters. The smallest absolute Gasteiger partial charge is 0.226 e. The van der Waals surface area contributed by atoms with Gasteiger partial charge in [-0.05, 0) is 19.8 Å². The fraction of sp³-hybridized carbons (Fsp3) is 0.727. The highest BCUT2D eigenvalue weighted by Gasteiger charge is 2.26. The minimum Gasteiger partial charge on any atom is -0.342 e. The molecule has 0 aromatic heterocycles. The Morgan fingerprint density at radius 1 is 1.44 bits per heavy atom. The average Bonchev–Trinajstić information content (AvgIpc) is 2.65. The van der Waals surface area contributed by atoms with E-state index >= 15 is 0 Å². The third-order valence-electron chi connectivity index (χ3n) is 2.91. The molecule has 0 aliphatic heterocycles. The molecule has 0 fully saturated rings. The minimum absolute atomic E-state index is 0.00649. The van der Waals surface area contributed by atoms with Crippen molar-refractivity contribution in [2.45, 2.75) is 25.8 Å². The number of nitrogens with zero attached hydrogens (tertiary/aromatic N) is 1. The zero-order chi connectivity index (χ0) is 12.3. The Labute approximate surface area is 97.2 Å². The highest BCUT2D eigenvalue weighted by atomic mass is 32.2. The number of rotatable bonds is 4. The summed E-state index contributed by atoms with van der Waals surface area (Å²) < 4.78 is 22.3. The van der Waals surface area contributed by atoms with Crippen LogP contribution in [0.3, 0.4) is 0 Å². The number of allylic oxidation sites excluding steroid dienone is 2. The summed E-state index contributed by atoms with van der Waals surface area (Å²) >= 11 is 0. The molecule has 1 aliphatic carbocycles. The first kappa shape index (κ1) is 13.2. The van der Waals surface area contributed by atoms with E-state index in [1.54, 1.807) is 18.9 Å². The van der Waals surface area contributed by atoms with E-state index in [1.165, 1.54) is 6.26 Å². The molecule has 1 atom stereocenters. The van der Waals surface area contributed by atoms with E-state index < -0.39 is 9.84 Å². The van der Waals surface area contributed by atoms with Crippen LogP contribution >= 0.6 is 0 Å². The predicted octanol–water partition coefficient (Wildman–Crippen LogP) is 0.844. The first-order valence-corrected chi connectivity index (χ1v) is 7.46. The lowest BCUT2D eigenvalue weighted by atomic mass is 10.1. The Morgan fingerprint density at radius 2 is 1.94 bits per heavy atom. The van der Waals surface area contributed by atoms with Gasteiger partial charge in [0.25, 0.3) is 0 Å². The van der Waals surface area contributed by atoms with Crippen LogP contribution in [-0.2, 0) is 14.6 Å². The Hall–Kier alpha value is -0.840. The van der Waals surface area contributed by atoms with Crippen molar-refractivity contribution in [2.75, 3.05) is 19.1 Å². The van der Waals surface area contributed by atoms with Crippen molar-refractivity contribution in [3.05, 3.63) is 12.2 Å². The Morgan fingerprint density at radius 3 is 2.38 bits per heavy atom. The molecule has 0 saturated heterocycles. The van der Waals surface area contributed by atoms with Gasteiger partial charge in [0.2, 0.25) is 5.91 Å². The summed E-state index contributed by atoms with van der Waals surface area (Å²) in [6, 6.07) is -0.261. The van der Waals surface area contributed by atoms with Gasteiger partial charge in [-0.3, -0.25) is 4.79 Å². The lowest BCUT2D eigenvalue weighted by molar-refractivity contribution is -0.135. The van der Waals surface area contributed by atoms with Crippen LogP contribution in [0.2, 0.25) is 0 Å². The lowest BCUT2D eigenvalue weighted by Crippen LogP contribution is -2.42. The van der Waals surface area contributed by atoms with Crippen molar-refractivity contribution >= 4 is 15.7 Å². The third-order valence-corrected chi connectivity index (χ3v) is 4.00. The molecule has 0 bridgehead atoms. The van der Waals surface area contributed by atoms with Crippen molar-refractivity contribution in [2.24, 2.45) is 5.92 Å². The van der Waals surface area contributed by atoms with Gasteiger partial charge in [-0.2, -0.15) is 0 Å². The monoisotopic (exact) mass is 245 g/mol. The van der Waals surface area contributed by atoms with Gasteiger partial charge in [0.1, 0.15) is 9.84 Å². The van der Waals surface area contributed by atoms with E-state index in [-0.39, 0.29) is 23.6 Å². The first-order chi connectivity index (χ1) is 7.31. The molecule has 0 heterocycles. The molecule has 0 N–H and O–H groups in total. The second-order valence-corrected chi connectivity index (χ2v) is 6.72. The molecule has 0 spiro atoms. The first-order valence-electron chi connectivity index (χ1n) is 5.40. The van der Waals surface area contributed by atoms with Crippen molar-refractivity contribution in [3.63, 3.8) is 0 Å².